The molecule has 3 rings (SSSR count). The van der Waals surface area contributed by atoms with Gasteiger partial charge in [0.2, 0.25) is 0 Å². The van der Waals surface area contributed by atoms with E-state index in [1.165, 1.54) is 19.2 Å². The summed E-state index contributed by atoms with van der Waals surface area (Å²) in [5.41, 5.74) is 1.06. The fourth-order valence-corrected chi connectivity index (χ4v) is 2.73. The molecule has 0 aromatic carbocycles. The first-order valence-electron chi connectivity index (χ1n) is 8.38. The third-order valence-corrected chi connectivity index (χ3v) is 4.21. The van der Waals surface area contributed by atoms with Gasteiger partial charge in [-0.25, -0.2) is 14.6 Å². The number of hydrogen-bond acceptors (Lipinski definition) is 6. The molecule has 0 aliphatic carbocycles. The van der Waals surface area contributed by atoms with Gasteiger partial charge in [0, 0.05) is 32.1 Å². The standard InChI is InChI=1S/C17H21N5O3/c1-3-12-9-18-17(19-10-12)25-13-5-4-8-22(11-13)16(24)14-6-7-15(23)21(2)20-14/h6-7,9-10,13H,3-5,8,11H2,1-2H3. The van der Waals surface area contributed by atoms with Crippen LogP contribution in [0.2, 0.25) is 0 Å². The zero-order chi connectivity index (χ0) is 17.8. The Balaban J connectivity index is 1.66. The number of amides is 1. The maximum Gasteiger partial charge on any atom is 0.316 e. The summed E-state index contributed by atoms with van der Waals surface area (Å²) >= 11 is 0. The van der Waals surface area contributed by atoms with E-state index >= 15 is 0 Å². The highest BCUT2D eigenvalue weighted by atomic mass is 16.5. The molecular formula is C17H21N5O3. The second-order valence-corrected chi connectivity index (χ2v) is 6.04. The van der Waals surface area contributed by atoms with Crippen molar-refractivity contribution in [3.63, 3.8) is 0 Å². The number of hydrogen-bond donors (Lipinski definition) is 0. The van der Waals surface area contributed by atoms with Crippen LogP contribution in [0.1, 0.15) is 35.8 Å². The van der Waals surface area contributed by atoms with Gasteiger partial charge in [0.1, 0.15) is 11.8 Å². The van der Waals surface area contributed by atoms with Gasteiger partial charge in [-0.15, -0.1) is 0 Å². The summed E-state index contributed by atoms with van der Waals surface area (Å²) in [7, 11) is 1.53. The summed E-state index contributed by atoms with van der Waals surface area (Å²) < 4.78 is 6.98. The fraction of sp³-hybridized carbons (Fsp3) is 0.471. The van der Waals surface area contributed by atoms with Crippen molar-refractivity contribution in [3.05, 3.63) is 46.1 Å². The van der Waals surface area contributed by atoms with Gasteiger partial charge < -0.3 is 9.64 Å². The molecule has 1 amide bonds. The largest absolute Gasteiger partial charge is 0.458 e. The molecule has 132 valence electrons. The smallest absolute Gasteiger partial charge is 0.316 e. The Hall–Kier alpha value is -2.77. The van der Waals surface area contributed by atoms with E-state index in [-0.39, 0.29) is 23.3 Å². The zero-order valence-electron chi connectivity index (χ0n) is 14.4. The van der Waals surface area contributed by atoms with Crippen LogP contribution < -0.4 is 10.3 Å². The summed E-state index contributed by atoms with van der Waals surface area (Å²) in [6.45, 7) is 3.12. The van der Waals surface area contributed by atoms with Gasteiger partial charge in [-0.2, -0.15) is 5.10 Å². The SMILES string of the molecule is CCc1cnc(OC2CCCN(C(=O)c3ccc(=O)n(C)n3)C2)nc1. The second kappa shape index (κ2) is 7.42. The highest BCUT2D eigenvalue weighted by Crippen LogP contribution is 2.17. The van der Waals surface area contributed by atoms with E-state index in [1.54, 1.807) is 17.3 Å². The van der Waals surface area contributed by atoms with Crippen LogP contribution in [0, 0.1) is 0 Å². The van der Waals surface area contributed by atoms with Crippen LogP contribution in [0.4, 0.5) is 0 Å². The average Bonchev–Trinajstić information content (AvgIpc) is 2.64. The van der Waals surface area contributed by atoms with Crippen LogP contribution in [0.5, 0.6) is 6.01 Å². The molecule has 2 aromatic rings. The summed E-state index contributed by atoms with van der Waals surface area (Å²) in [6, 6.07) is 3.14. The van der Waals surface area contributed by atoms with Crippen molar-refractivity contribution in [2.45, 2.75) is 32.3 Å². The van der Waals surface area contributed by atoms with E-state index < -0.39 is 0 Å². The lowest BCUT2D eigenvalue weighted by Gasteiger charge is -2.32. The van der Waals surface area contributed by atoms with Crippen molar-refractivity contribution < 1.29 is 9.53 Å². The number of aryl methyl sites for hydroxylation is 2. The Morgan fingerprint density at radius 3 is 2.76 bits per heavy atom. The minimum atomic E-state index is -0.246. The lowest BCUT2D eigenvalue weighted by atomic mass is 10.1. The lowest BCUT2D eigenvalue weighted by molar-refractivity contribution is 0.0508. The third-order valence-electron chi connectivity index (χ3n) is 4.21. The van der Waals surface area contributed by atoms with Crippen LogP contribution in [0.15, 0.2) is 29.3 Å². The van der Waals surface area contributed by atoms with Crippen molar-refractivity contribution in [2.75, 3.05) is 13.1 Å². The number of ether oxygens (including phenoxy) is 1. The Bertz CT molecular complexity index is 803. The molecule has 8 nitrogen and oxygen atoms in total. The molecule has 0 N–H and O–H groups in total. The van der Waals surface area contributed by atoms with Crippen LogP contribution in [0.3, 0.4) is 0 Å². The monoisotopic (exact) mass is 343 g/mol. The topological polar surface area (TPSA) is 90.2 Å². The van der Waals surface area contributed by atoms with E-state index in [4.69, 9.17) is 4.74 Å². The molecule has 1 saturated heterocycles. The molecule has 1 aliphatic heterocycles. The first-order chi connectivity index (χ1) is 12.1. The van der Waals surface area contributed by atoms with Crippen molar-refractivity contribution in [1.82, 2.24) is 24.6 Å². The van der Waals surface area contributed by atoms with Gasteiger partial charge in [0.05, 0.1) is 6.54 Å². The maximum absolute atomic E-state index is 12.6. The van der Waals surface area contributed by atoms with Gasteiger partial charge in [0.15, 0.2) is 0 Å². The second-order valence-electron chi connectivity index (χ2n) is 6.04. The van der Waals surface area contributed by atoms with E-state index in [0.29, 0.717) is 19.1 Å². The number of aromatic nitrogens is 4. The van der Waals surface area contributed by atoms with Crippen molar-refractivity contribution in [1.29, 1.82) is 0 Å². The Morgan fingerprint density at radius 1 is 1.32 bits per heavy atom. The van der Waals surface area contributed by atoms with Crippen LogP contribution in [-0.4, -0.2) is 49.7 Å². The molecule has 1 unspecified atom stereocenters. The molecule has 1 atom stereocenters. The zero-order valence-corrected chi connectivity index (χ0v) is 14.4. The molecule has 1 fully saturated rings. The van der Waals surface area contributed by atoms with Gasteiger partial charge in [-0.1, -0.05) is 6.92 Å². The van der Waals surface area contributed by atoms with Gasteiger partial charge in [0.25, 0.3) is 11.5 Å². The molecule has 0 bridgehead atoms. The summed E-state index contributed by atoms with van der Waals surface area (Å²) in [5.74, 6) is -0.203. The van der Waals surface area contributed by atoms with Crippen LogP contribution >= 0.6 is 0 Å². The Kier molecular flexibility index (Phi) is 5.06. The number of nitrogens with zero attached hydrogens (tertiary/aromatic N) is 5. The first-order valence-corrected chi connectivity index (χ1v) is 8.38. The quantitative estimate of drug-likeness (QED) is 0.816. The summed E-state index contributed by atoms with van der Waals surface area (Å²) in [6.07, 6.45) is 5.89. The Morgan fingerprint density at radius 2 is 2.08 bits per heavy atom. The number of rotatable bonds is 4. The minimum absolute atomic E-state index is 0.155. The number of piperidine rings is 1. The lowest BCUT2D eigenvalue weighted by Crippen LogP contribution is -2.45. The minimum Gasteiger partial charge on any atom is -0.458 e. The number of likely N-dealkylation sites (tertiary alicyclic amines) is 1. The number of carbonyl (C=O) groups excluding carboxylic acids is 1. The van der Waals surface area contributed by atoms with Crippen molar-refractivity contribution >= 4 is 5.91 Å². The van der Waals surface area contributed by atoms with Gasteiger partial charge in [-0.3, -0.25) is 9.59 Å². The normalized spacial score (nSPS) is 17.4. The first kappa shape index (κ1) is 17.1. The van der Waals surface area contributed by atoms with Crippen LogP contribution in [0.25, 0.3) is 0 Å². The molecule has 25 heavy (non-hydrogen) atoms. The van der Waals surface area contributed by atoms with E-state index in [2.05, 4.69) is 15.1 Å². The molecule has 1 aliphatic rings. The van der Waals surface area contributed by atoms with E-state index in [1.807, 2.05) is 6.92 Å². The summed E-state index contributed by atoms with van der Waals surface area (Å²) in [4.78, 5) is 34.1. The maximum atomic E-state index is 12.6. The van der Waals surface area contributed by atoms with Crippen molar-refractivity contribution in [2.24, 2.45) is 7.05 Å². The summed E-state index contributed by atoms with van der Waals surface area (Å²) in [5, 5.41) is 4.02. The van der Waals surface area contributed by atoms with E-state index in [9.17, 15) is 9.59 Å². The van der Waals surface area contributed by atoms with Gasteiger partial charge in [-0.05, 0) is 30.9 Å². The molecule has 3 heterocycles. The third kappa shape index (κ3) is 4.01. The predicted molar refractivity (Wildman–Crippen MR) is 90.4 cm³/mol. The van der Waals surface area contributed by atoms with E-state index in [0.717, 1.165) is 29.5 Å². The van der Waals surface area contributed by atoms with Gasteiger partial charge >= 0.3 is 6.01 Å². The number of carbonyl (C=O) groups is 1. The molecule has 0 spiro atoms. The van der Waals surface area contributed by atoms with Crippen molar-refractivity contribution in [3.8, 4) is 6.01 Å². The molecule has 0 saturated carbocycles. The molecule has 8 heteroatoms. The molecule has 2 aromatic heterocycles. The van der Waals surface area contributed by atoms with Crippen LogP contribution in [-0.2, 0) is 13.5 Å². The Labute approximate surface area is 145 Å². The molecular weight excluding hydrogens is 322 g/mol. The predicted octanol–water partition coefficient (Wildman–Crippen LogP) is 0.816. The fourth-order valence-electron chi connectivity index (χ4n) is 2.73. The highest BCUT2D eigenvalue weighted by molar-refractivity contribution is 5.92. The molecule has 0 radical (unpaired) electrons. The average molecular weight is 343 g/mol. The highest BCUT2D eigenvalue weighted by Gasteiger charge is 2.27.